The number of halogens is 3. The predicted octanol–water partition coefficient (Wildman–Crippen LogP) is 3.77. The summed E-state index contributed by atoms with van der Waals surface area (Å²) in [6.07, 6.45) is -1.35. The highest BCUT2D eigenvalue weighted by atomic mass is 19.4. The minimum atomic E-state index is -4.61. The Kier molecular flexibility index (Phi) is 6.68. The highest BCUT2D eigenvalue weighted by Gasteiger charge is 2.38. The van der Waals surface area contributed by atoms with Crippen molar-refractivity contribution in [3.63, 3.8) is 0 Å². The fourth-order valence-electron chi connectivity index (χ4n) is 2.24. The zero-order chi connectivity index (χ0) is 16.8. The summed E-state index contributed by atoms with van der Waals surface area (Å²) in [6, 6.07) is 0. The summed E-state index contributed by atoms with van der Waals surface area (Å²) in [4.78, 5) is 23.4. The molecule has 1 aliphatic rings. The first kappa shape index (κ1) is 18.8. The topological polar surface area (TPSA) is 52.6 Å². The first-order chi connectivity index (χ1) is 10.2. The van der Waals surface area contributed by atoms with Crippen LogP contribution in [0.3, 0.4) is 0 Å². The SMILES string of the molecule is CCC(C)(COC(=O)CC(F)(F)F)C(=O)OC1CCCCC1. The third kappa shape index (κ3) is 6.23. The molecule has 0 aromatic heterocycles. The predicted molar refractivity (Wildman–Crippen MR) is 73.0 cm³/mol. The van der Waals surface area contributed by atoms with Crippen LogP contribution in [0.15, 0.2) is 0 Å². The van der Waals surface area contributed by atoms with Crippen molar-refractivity contribution < 1.29 is 32.2 Å². The number of hydrogen-bond acceptors (Lipinski definition) is 4. The van der Waals surface area contributed by atoms with Crippen molar-refractivity contribution in [3.8, 4) is 0 Å². The lowest BCUT2D eigenvalue weighted by atomic mass is 9.88. The van der Waals surface area contributed by atoms with Crippen LogP contribution < -0.4 is 0 Å². The highest BCUT2D eigenvalue weighted by molar-refractivity contribution is 5.77. The molecule has 0 spiro atoms. The summed E-state index contributed by atoms with van der Waals surface area (Å²) in [6.45, 7) is 2.85. The van der Waals surface area contributed by atoms with E-state index in [0.29, 0.717) is 6.42 Å². The molecule has 1 fully saturated rings. The molecule has 1 saturated carbocycles. The van der Waals surface area contributed by atoms with Crippen LogP contribution in [0.2, 0.25) is 0 Å². The molecule has 1 rings (SSSR count). The fourth-order valence-corrected chi connectivity index (χ4v) is 2.24. The summed E-state index contributed by atoms with van der Waals surface area (Å²) in [5, 5.41) is 0. The van der Waals surface area contributed by atoms with Crippen LogP contribution in [0.25, 0.3) is 0 Å². The zero-order valence-electron chi connectivity index (χ0n) is 13.0. The van der Waals surface area contributed by atoms with Crippen LogP contribution >= 0.6 is 0 Å². The normalized spacial score (nSPS) is 19.3. The monoisotopic (exact) mass is 324 g/mol. The number of carbonyl (C=O) groups excluding carboxylic acids is 2. The Morgan fingerprint density at radius 3 is 2.23 bits per heavy atom. The molecule has 4 nitrogen and oxygen atoms in total. The van der Waals surface area contributed by atoms with E-state index in [-0.39, 0.29) is 6.10 Å². The van der Waals surface area contributed by atoms with Gasteiger partial charge in [0.25, 0.3) is 0 Å². The first-order valence-electron chi connectivity index (χ1n) is 7.60. The highest BCUT2D eigenvalue weighted by Crippen LogP contribution is 2.28. The van der Waals surface area contributed by atoms with Crippen LogP contribution in [-0.4, -0.2) is 30.8 Å². The minimum Gasteiger partial charge on any atom is -0.464 e. The van der Waals surface area contributed by atoms with Crippen LogP contribution in [0.5, 0.6) is 0 Å². The largest absolute Gasteiger partial charge is 0.464 e. The van der Waals surface area contributed by atoms with E-state index < -0.39 is 36.6 Å². The Balaban J connectivity index is 2.51. The van der Waals surface area contributed by atoms with E-state index in [1.54, 1.807) is 13.8 Å². The maximum Gasteiger partial charge on any atom is 0.399 e. The Morgan fingerprint density at radius 2 is 1.73 bits per heavy atom. The van der Waals surface area contributed by atoms with Gasteiger partial charge in [-0.3, -0.25) is 9.59 Å². The van der Waals surface area contributed by atoms with Crippen LogP contribution in [-0.2, 0) is 19.1 Å². The van der Waals surface area contributed by atoms with Gasteiger partial charge < -0.3 is 9.47 Å². The molecule has 0 aromatic carbocycles. The fraction of sp³-hybridized carbons (Fsp3) is 0.867. The average Bonchev–Trinajstić information content (AvgIpc) is 2.44. The summed E-state index contributed by atoms with van der Waals surface area (Å²) >= 11 is 0. The van der Waals surface area contributed by atoms with Crippen molar-refractivity contribution in [1.82, 2.24) is 0 Å². The maximum atomic E-state index is 12.2. The van der Waals surface area contributed by atoms with Crippen molar-refractivity contribution in [2.75, 3.05) is 6.61 Å². The quantitative estimate of drug-likeness (QED) is 0.698. The molecule has 0 heterocycles. The van der Waals surface area contributed by atoms with E-state index in [1.807, 2.05) is 0 Å². The zero-order valence-corrected chi connectivity index (χ0v) is 13.0. The standard InChI is InChI=1S/C15H23F3O4/c1-3-14(2,10-21-12(19)9-15(16,17)18)13(20)22-11-7-5-4-6-8-11/h11H,3-10H2,1-2H3. The van der Waals surface area contributed by atoms with Gasteiger partial charge in [-0.1, -0.05) is 13.3 Å². The molecule has 0 saturated heterocycles. The Bertz CT molecular complexity index is 389. The molecule has 0 amide bonds. The first-order valence-corrected chi connectivity index (χ1v) is 7.60. The summed E-state index contributed by atoms with van der Waals surface area (Å²) < 4.78 is 46.3. The van der Waals surface area contributed by atoms with E-state index in [4.69, 9.17) is 4.74 Å². The molecule has 22 heavy (non-hydrogen) atoms. The summed E-state index contributed by atoms with van der Waals surface area (Å²) in [5.74, 6) is -1.89. The van der Waals surface area contributed by atoms with Crippen molar-refractivity contribution in [3.05, 3.63) is 0 Å². The lowest BCUT2D eigenvalue weighted by Gasteiger charge is -2.29. The number of rotatable bonds is 6. The van der Waals surface area contributed by atoms with Gasteiger partial charge in [-0.2, -0.15) is 13.2 Å². The van der Waals surface area contributed by atoms with Gasteiger partial charge in [0.15, 0.2) is 0 Å². The summed E-state index contributed by atoms with van der Waals surface area (Å²) in [7, 11) is 0. The lowest BCUT2D eigenvalue weighted by molar-refractivity contribution is -0.178. The van der Waals surface area contributed by atoms with E-state index in [9.17, 15) is 22.8 Å². The van der Waals surface area contributed by atoms with Gasteiger partial charge in [0.1, 0.15) is 19.1 Å². The van der Waals surface area contributed by atoms with Crippen molar-refractivity contribution >= 4 is 11.9 Å². The van der Waals surface area contributed by atoms with E-state index in [0.717, 1.165) is 32.1 Å². The van der Waals surface area contributed by atoms with E-state index in [2.05, 4.69) is 4.74 Å². The van der Waals surface area contributed by atoms with Crippen LogP contribution in [0, 0.1) is 5.41 Å². The molecule has 0 aliphatic heterocycles. The Labute approximate surface area is 128 Å². The van der Waals surface area contributed by atoms with E-state index >= 15 is 0 Å². The number of esters is 2. The smallest absolute Gasteiger partial charge is 0.399 e. The molecule has 1 aliphatic carbocycles. The van der Waals surface area contributed by atoms with E-state index in [1.165, 1.54) is 0 Å². The average molecular weight is 324 g/mol. The van der Waals surface area contributed by atoms with Crippen molar-refractivity contribution in [2.45, 2.75) is 71.1 Å². The molecule has 7 heteroatoms. The van der Waals surface area contributed by atoms with Gasteiger partial charge in [0.2, 0.25) is 0 Å². The molecule has 0 N–H and O–H groups in total. The van der Waals surface area contributed by atoms with Crippen molar-refractivity contribution in [2.24, 2.45) is 5.41 Å². The number of carbonyl (C=O) groups is 2. The molecule has 128 valence electrons. The number of alkyl halides is 3. The second-order valence-corrected chi connectivity index (χ2v) is 6.03. The third-order valence-electron chi connectivity index (χ3n) is 4.00. The third-order valence-corrected chi connectivity index (χ3v) is 4.00. The molecule has 1 atom stereocenters. The maximum absolute atomic E-state index is 12.2. The van der Waals surface area contributed by atoms with Crippen LogP contribution in [0.1, 0.15) is 58.8 Å². The van der Waals surface area contributed by atoms with Gasteiger partial charge >= 0.3 is 18.1 Å². The van der Waals surface area contributed by atoms with Gasteiger partial charge in [0.05, 0.1) is 5.41 Å². The molecule has 0 bridgehead atoms. The summed E-state index contributed by atoms with van der Waals surface area (Å²) in [5.41, 5.74) is -1.11. The van der Waals surface area contributed by atoms with Gasteiger partial charge in [-0.25, -0.2) is 0 Å². The Hall–Kier alpha value is -1.27. The number of hydrogen-bond donors (Lipinski definition) is 0. The molecule has 1 unspecified atom stereocenters. The second-order valence-electron chi connectivity index (χ2n) is 6.03. The molecular formula is C15H23F3O4. The minimum absolute atomic E-state index is 0.141. The number of ether oxygens (including phenoxy) is 2. The Morgan fingerprint density at radius 1 is 1.14 bits per heavy atom. The van der Waals surface area contributed by atoms with Gasteiger partial charge in [-0.15, -0.1) is 0 Å². The van der Waals surface area contributed by atoms with Gasteiger partial charge in [-0.05, 0) is 39.0 Å². The molecular weight excluding hydrogens is 301 g/mol. The van der Waals surface area contributed by atoms with Crippen LogP contribution in [0.4, 0.5) is 13.2 Å². The molecule has 0 radical (unpaired) electrons. The van der Waals surface area contributed by atoms with Gasteiger partial charge in [0, 0.05) is 0 Å². The van der Waals surface area contributed by atoms with Crippen molar-refractivity contribution in [1.29, 1.82) is 0 Å². The molecule has 0 aromatic rings. The second kappa shape index (κ2) is 7.83. The lowest BCUT2D eigenvalue weighted by Crippen LogP contribution is -2.38.